The molecule has 1 aliphatic heterocycles. The molecule has 84 valence electrons. The monoisotopic (exact) mass is 224 g/mol. The van der Waals surface area contributed by atoms with Crippen molar-refractivity contribution in [1.29, 1.82) is 0 Å². The first kappa shape index (κ1) is 11.1. The van der Waals surface area contributed by atoms with E-state index in [9.17, 15) is 0 Å². The van der Waals surface area contributed by atoms with Crippen molar-refractivity contribution in [2.45, 2.75) is 26.3 Å². The van der Waals surface area contributed by atoms with E-state index in [0.29, 0.717) is 5.41 Å². The van der Waals surface area contributed by atoms with E-state index in [2.05, 4.69) is 35.1 Å². The normalized spacial score (nSPS) is 26.7. The minimum absolute atomic E-state index is 0.454. The molecule has 0 amide bonds. The van der Waals surface area contributed by atoms with Crippen LogP contribution >= 0.6 is 11.3 Å². The third-order valence-electron chi connectivity index (χ3n) is 3.12. The molecule has 0 saturated carbocycles. The molecule has 0 bridgehead atoms. The minimum atomic E-state index is 0.454. The van der Waals surface area contributed by atoms with Crippen LogP contribution < -0.4 is 10.6 Å². The van der Waals surface area contributed by atoms with Gasteiger partial charge in [-0.3, -0.25) is 0 Å². The molecule has 2 heterocycles. The van der Waals surface area contributed by atoms with Crippen molar-refractivity contribution < 1.29 is 0 Å². The van der Waals surface area contributed by atoms with Crippen molar-refractivity contribution in [2.75, 3.05) is 19.6 Å². The molecule has 1 saturated heterocycles. The van der Waals surface area contributed by atoms with Gasteiger partial charge in [0.05, 0.1) is 0 Å². The lowest BCUT2D eigenvalue weighted by Gasteiger charge is -2.34. The van der Waals surface area contributed by atoms with Crippen molar-refractivity contribution in [3.05, 3.63) is 22.4 Å². The number of piperidine rings is 1. The highest BCUT2D eigenvalue weighted by Gasteiger charge is 2.25. The molecule has 1 fully saturated rings. The Bertz CT molecular complexity index is 276. The highest BCUT2D eigenvalue weighted by Crippen LogP contribution is 2.24. The highest BCUT2D eigenvalue weighted by atomic mass is 32.1. The Morgan fingerprint density at radius 1 is 1.60 bits per heavy atom. The van der Waals surface area contributed by atoms with E-state index in [-0.39, 0.29) is 0 Å². The van der Waals surface area contributed by atoms with E-state index >= 15 is 0 Å². The van der Waals surface area contributed by atoms with Crippen molar-refractivity contribution in [1.82, 2.24) is 10.6 Å². The van der Waals surface area contributed by atoms with Gasteiger partial charge in [0, 0.05) is 24.5 Å². The van der Waals surface area contributed by atoms with Gasteiger partial charge < -0.3 is 10.6 Å². The van der Waals surface area contributed by atoms with Crippen LogP contribution in [0.2, 0.25) is 0 Å². The van der Waals surface area contributed by atoms with Gasteiger partial charge in [0.15, 0.2) is 0 Å². The van der Waals surface area contributed by atoms with Gasteiger partial charge in [-0.2, -0.15) is 0 Å². The van der Waals surface area contributed by atoms with Gasteiger partial charge in [0.25, 0.3) is 0 Å². The van der Waals surface area contributed by atoms with Crippen molar-refractivity contribution >= 4 is 11.3 Å². The number of thiophene rings is 1. The Kier molecular flexibility index (Phi) is 3.78. The molecule has 2 N–H and O–H groups in total. The van der Waals surface area contributed by atoms with Crippen LogP contribution in [0.1, 0.15) is 24.6 Å². The Morgan fingerprint density at radius 3 is 3.20 bits per heavy atom. The van der Waals surface area contributed by atoms with Crippen LogP contribution in [-0.4, -0.2) is 19.6 Å². The molecule has 0 spiro atoms. The van der Waals surface area contributed by atoms with Crippen LogP contribution in [0.5, 0.6) is 0 Å². The van der Waals surface area contributed by atoms with Gasteiger partial charge in [-0.05, 0) is 36.2 Å². The molecule has 1 aliphatic rings. The number of hydrogen-bond acceptors (Lipinski definition) is 3. The first-order valence-electron chi connectivity index (χ1n) is 5.72. The van der Waals surface area contributed by atoms with Crippen molar-refractivity contribution in [3.63, 3.8) is 0 Å². The van der Waals surface area contributed by atoms with Crippen LogP contribution in [0.4, 0.5) is 0 Å². The summed E-state index contributed by atoms with van der Waals surface area (Å²) in [5, 5.41) is 9.19. The molecule has 2 rings (SSSR count). The maximum absolute atomic E-state index is 3.57. The van der Waals surface area contributed by atoms with Crippen LogP contribution in [0.25, 0.3) is 0 Å². The molecular weight excluding hydrogens is 204 g/mol. The van der Waals surface area contributed by atoms with E-state index in [0.717, 1.165) is 19.6 Å². The molecule has 15 heavy (non-hydrogen) atoms. The van der Waals surface area contributed by atoms with Crippen LogP contribution in [0.3, 0.4) is 0 Å². The van der Waals surface area contributed by atoms with Crippen LogP contribution in [0, 0.1) is 5.41 Å². The second-order valence-electron chi connectivity index (χ2n) is 4.77. The summed E-state index contributed by atoms with van der Waals surface area (Å²) in [4.78, 5) is 1.43. The molecule has 2 nitrogen and oxygen atoms in total. The topological polar surface area (TPSA) is 24.1 Å². The second-order valence-corrected chi connectivity index (χ2v) is 5.81. The summed E-state index contributed by atoms with van der Waals surface area (Å²) >= 11 is 1.83. The van der Waals surface area contributed by atoms with Gasteiger partial charge in [-0.1, -0.05) is 13.0 Å². The summed E-state index contributed by atoms with van der Waals surface area (Å²) in [5.74, 6) is 0. The summed E-state index contributed by atoms with van der Waals surface area (Å²) in [7, 11) is 0. The van der Waals surface area contributed by atoms with Gasteiger partial charge in [-0.25, -0.2) is 0 Å². The lowest BCUT2D eigenvalue weighted by molar-refractivity contribution is 0.226. The lowest BCUT2D eigenvalue weighted by atomic mass is 9.83. The zero-order chi connectivity index (χ0) is 10.6. The molecule has 1 aromatic rings. The average molecular weight is 224 g/mol. The van der Waals surface area contributed by atoms with Crippen LogP contribution in [-0.2, 0) is 6.54 Å². The summed E-state index contributed by atoms with van der Waals surface area (Å²) in [6.07, 6.45) is 2.66. The zero-order valence-electron chi connectivity index (χ0n) is 9.38. The zero-order valence-corrected chi connectivity index (χ0v) is 10.2. The minimum Gasteiger partial charge on any atom is -0.316 e. The first-order valence-corrected chi connectivity index (χ1v) is 6.60. The SMILES string of the molecule is CC1(CNCc2cccs2)CCCNC1. The summed E-state index contributed by atoms with van der Waals surface area (Å²) in [6.45, 7) is 6.87. The fourth-order valence-electron chi connectivity index (χ4n) is 2.17. The predicted octanol–water partition coefficient (Wildman–Crippen LogP) is 2.23. The summed E-state index contributed by atoms with van der Waals surface area (Å²) in [6, 6.07) is 4.31. The van der Waals surface area contributed by atoms with E-state index in [1.165, 1.54) is 24.3 Å². The first-order chi connectivity index (χ1) is 7.29. The van der Waals surface area contributed by atoms with Crippen LogP contribution in [0.15, 0.2) is 17.5 Å². The fraction of sp³-hybridized carbons (Fsp3) is 0.667. The van der Waals surface area contributed by atoms with E-state index in [4.69, 9.17) is 0 Å². The van der Waals surface area contributed by atoms with Gasteiger partial charge in [0.1, 0.15) is 0 Å². The van der Waals surface area contributed by atoms with E-state index in [1.54, 1.807) is 0 Å². The second kappa shape index (κ2) is 5.10. The smallest absolute Gasteiger partial charge is 0.0299 e. The standard InChI is InChI=1S/C12H20N2S/c1-12(5-3-6-13-9-12)10-14-8-11-4-2-7-15-11/h2,4,7,13-14H,3,5-6,8-10H2,1H3. The van der Waals surface area contributed by atoms with E-state index < -0.39 is 0 Å². The molecule has 0 radical (unpaired) electrons. The maximum atomic E-state index is 3.57. The number of nitrogens with one attached hydrogen (secondary N) is 2. The highest BCUT2D eigenvalue weighted by molar-refractivity contribution is 7.09. The molecule has 1 unspecified atom stereocenters. The third-order valence-corrected chi connectivity index (χ3v) is 3.99. The van der Waals surface area contributed by atoms with Gasteiger partial charge in [-0.15, -0.1) is 11.3 Å². The molecule has 1 atom stereocenters. The Balaban J connectivity index is 1.72. The Labute approximate surface area is 96.1 Å². The van der Waals surface area contributed by atoms with Crippen molar-refractivity contribution in [3.8, 4) is 0 Å². The fourth-order valence-corrected chi connectivity index (χ4v) is 2.84. The average Bonchev–Trinajstić information content (AvgIpc) is 2.71. The largest absolute Gasteiger partial charge is 0.316 e. The Morgan fingerprint density at radius 2 is 2.53 bits per heavy atom. The van der Waals surface area contributed by atoms with Gasteiger partial charge in [0.2, 0.25) is 0 Å². The maximum Gasteiger partial charge on any atom is 0.0299 e. The van der Waals surface area contributed by atoms with Gasteiger partial charge >= 0.3 is 0 Å². The number of hydrogen-bond donors (Lipinski definition) is 2. The molecule has 0 aliphatic carbocycles. The van der Waals surface area contributed by atoms with E-state index in [1.807, 2.05) is 11.3 Å². The number of rotatable bonds is 4. The third kappa shape index (κ3) is 3.30. The molecule has 0 aromatic carbocycles. The summed E-state index contributed by atoms with van der Waals surface area (Å²) < 4.78 is 0. The lowest BCUT2D eigenvalue weighted by Crippen LogP contribution is -2.44. The quantitative estimate of drug-likeness (QED) is 0.819. The molecular formula is C12H20N2S. The Hall–Kier alpha value is -0.380. The molecule has 1 aromatic heterocycles. The van der Waals surface area contributed by atoms with Crippen molar-refractivity contribution in [2.24, 2.45) is 5.41 Å². The molecule has 3 heteroatoms. The predicted molar refractivity (Wildman–Crippen MR) is 66.2 cm³/mol. The summed E-state index contributed by atoms with van der Waals surface area (Å²) in [5.41, 5.74) is 0.454.